The van der Waals surface area contributed by atoms with E-state index in [1.165, 1.54) is 12.1 Å². The number of nitrogens with one attached hydrogen (secondary N) is 1. The maximum absolute atomic E-state index is 13.2. The zero-order valence-electron chi connectivity index (χ0n) is 12.4. The van der Waals surface area contributed by atoms with Crippen LogP contribution in [-0.2, 0) is 11.8 Å². The molecule has 3 rings (SSSR count). The van der Waals surface area contributed by atoms with Crippen molar-refractivity contribution in [3.63, 3.8) is 0 Å². The quantitative estimate of drug-likeness (QED) is 0.910. The van der Waals surface area contributed by atoms with Crippen molar-refractivity contribution in [3.05, 3.63) is 24.0 Å². The van der Waals surface area contributed by atoms with Crippen LogP contribution in [0.4, 0.5) is 10.3 Å². The standard InChI is InChI=1S/C15H19FN4O.ClH/c1-20-13-6-5-10(16)8-12(13)18-15(20)19-14(21)7-9-3-2-4-11(9)17;/h5-6,8-9,11H,2-4,7,17H2,1H3,(H,18,19,21);1H/t9-,11+;/m0./s1. The van der Waals surface area contributed by atoms with Gasteiger partial charge >= 0.3 is 0 Å². The zero-order valence-corrected chi connectivity index (χ0v) is 13.2. The lowest BCUT2D eigenvalue weighted by Crippen LogP contribution is -2.28. The van der Waals surface area contributed by atoms with Gasteiger partial charge in [-0.05, 0) is 30.9 Å². The van der Waals surface area contributed by atoms with E-state index in [4.69, 9.17) is 5.73 Å². The number of fused-ring (bicyclic) bond motifs is 1. The monoisotopic (exact) mass is 326 g/mol. The van der Waals surface area contributed by atoms with Crippen LogP contribution in [0.3, 0.4) is 0 Å². The molecule has 0 unspecified atom stereocenters. The van der Waals surface area contributed by atoms with Crippen molar-refractivity contribution >= 4 is 35.3 Å². The number of hydrogen-bond acceptors (Lipinski definition) is 3. The summed E-state index contributed by atoms with van der Waals surface area (Å²) in [5, 5.41) is 2.80. The summed E-state index contributed by atoms with van der Waals surface area (Å²) >= 11 is 0. The third kappa shape index (κ3) is 3.23. The number of aromatic nitrogens is 2. The second-order valence-electron chi connectivity index (χ2n) is 5.73. The van der Waals surface area contributed by atoms with Crippen LogP contribution in [0, 0.1) is 11.7 Å². The molecule has 0 saturated heterocycles. The molecule has 0 radical (unpaired) electrons. The number of carbonyl (C=O) groups is 1. The predicted molar refractivity (Wildman–Crippen MR) is 86.5 cm³/mol. The van der Waals surface area contributed by atoms with Crippen molar-refractivity contribution in [2.75, 3.05) is 5.32 Å². The summed E-state index contributed by atoms with van der Waals surface area (Å²) in [6.45, 7) is 0. The molecule has 1 heterocycles. The first-order valence-corrected chi connectivity index (χ1v) is 7.22. The minimum Gasteiger partial charge on any atom is -0.327 e. The highest BCUT2D eigenvalue weighted by Crippen LogP contribution is 2.27. The Balaban J connectivity index is 0.00000176. The number of imidazole rings is 1. The number of anilines is 1. The lowest BCUT2D eigenvalue weighted by molar-refractivity contribution is -0.117. The number of hydrogen-bond donors (Lipinski definition) is 2. The van der Waals surface area contributed by atoms with E-state index in [-0.39, 0.29) is 36.1 Å². The average Bonchev–Trinajstić information content (AvgIpc) is 2.95. The number of aryl methyl sites for hydroxylation is 1. The number of nitrogens with two attached hydrogens (primary N) is 1. The lowest BCUT2D eigenvalue weighted by atomic mass is 10.00. The summed E-state index contributed by atoms with van der Waals surface area (Å²) in [4.78, 5) is 16.4. The van der Waals surface area contributed by atoms with E-state index in [2.05, 4.69) is 10.3 Å². The number of amides is 1. The fourth-order valence-electron chi connectivity index (χ4n) is 3.02. The van der Waals surface area contributed by atoms with Crippen LogP contribution in [0.25, 0.3) is 11.0 Å². The molecule has 1 aromatic carbocycles. The molecule has 3 N–H and O–H groups in total. The third-order valence-electron chi connectivity index (χ3n) is 4.26. The third-order valence-corrected chi connectivity index (χ3v) is 4.26. The van der Waals surface area contributed by atoms with Gasteiger partial charge in [0.05, 0.1) is 11.0 Å². The van der Waals surface area contributed by atoms with Crippen LogP contribution in [0.5, 0.6) is 0 Å². The zero-order chi connectivity index (χ0) is 15.0. The molecule has 0 spiro atoms. The van der Waals surface area contributed by atoms with Gasteiger partial charge in [0.2, 0.25) is 11.9 Å². The highest BCUT2D eigenvalue weighted by Gasteiger charge is 2.26. The highest BCUT2D eigenvalue weighted by atomic mass is 35.5. The molecule has 120 valence electrons. The Kier molecular flexibility index (Phi) is 5.03. The molecule has 1 saturated carbocycles. The van der Waals surface area contributed by atoms with Gasteiger partial charge < -0.3 is 10.3 Å². The fourth-order valence-corrected chi connectivity index (χ4v) is 3.02. The molecule has 1 amide bonds. The summed E-state index contributed by atoms with van der Waals surface area (Å²) in [7, 11) is 1.80. The summed E-state index contributed by atoms with van der Waals surface area (Å²) in [6.07, 6.45) is 3.50. The van der Waals surface area contributed by atoms with Gasteiger partial charge in [-0.1, -0.05) is 6.42 Å². The minimum absolute atomic E-state index is 0. The molecule has 0 bridgehead atoms. The normalized spacial score (nSPS) is 20.9. The van der Waals surface area contributed by atoms with Gasteiger partial charge in [0.25, 0.3) is 0 Å². The number of benzene rings is 1. The smallest absolute Gasteiger partial charge is 0.227 e. The number of rotatable bonds is 3. The molecule has 1 aliphatic carbocycles. The molecule has 2 atom stereocenters. The van der Waals surface area contributed by atoms with E-state index < -0.39 is 0 Å². The maximum Gasteiger partial charge on any atom is 0.227 e. The van der Waals surface area contributed by atoms with Gasteiger partial charge in [0.15, 0.2) is 0 Å². The van der Waals surface area contributed by atoms with Gasteiger partial charge in [-0.15, -0.1) is 12.4 Å². The average molecular weight is 327 g/mol. The fraction of sp³-hybridized carbons (Fsp3) is 0.467. The molecule has 7 heteroatoms. The van der Waals surface area contributed by atoms with Gasteiger partial charge in [-0.3, -0.25) is 10.1 Å². The first-order chi connectivity index (χ1) is 10.0. The molecule has 1 aromatic heterocycles. The largest absolute Gasteiger partial charge is 0.327 e. The van der Waals surface area contributed by atoms with Crippen LogP contribution in [-0.4, -0.2) is 21.5 Å². The van der Waals surface area contributed by atoms with Gasteiger partial charge in [-0.2, -0.15) is 0 Å². The molecule has 0 aliphatic heterocycles. The summed E-state index contributed by atoms with van der Waals surface area (Å²) in [5.41, 5.74) is 7.30. The Morgan fingerprint density at radius 3 is 2.95 bits per heavy atom. The van der Waals surface area contributed by atoms with Crippen molar-refractivity contribution < 1.29 is 9.18 Å². The number of nitrogens with zero attached hydrogens (tertiary/aromatic N) is 2. The van der Waals surface area contributed by atoms with Crippen LogP contribution in [0.1, 0.15) is 25.7 Å². The minimum atomic E-state index is -0.338. The summed E-state index contributed by atoms with van der Waals surface area (Å²) < 4.78 is 15.0. The van der Waals surface area contributed by atoms with Crippen LogP contribution >= 0.6 is 12.4 Å². The van der Waals surface area contributed by atoms with Crippen molar-refractivity contribution in [1.82, 2.24) is 9.55 Å². The Hall–Kier alpha value is -1.66. The van der Waals surface area contributed by atoms with Gasteiger partial charge in [0.1, 0.15) is 5.82 Å². The van der Waals surface area contributed by atoms with Gasteiger partial charge in [-0.25, -0.2) is 9.37 Å². The SMILES string of the molecule is Cl.Cn1c(NC(=O)C[C@@H]2CCC[C@H]2N)nc2cc(F)ccc21. The summed E-state index contributed by atoms with van der Waals surface area (Å²) in [6, 6.07) is 4.51. The van der Waals surface area contributed by atoms with Crippen LogP contribution in [0.15, 0.2) is 18.2 Å². The highest BCUT2D eigenvalue weighted by molar-refractivity contribution is 5.91. The van der Waals surface area contributed by atoms with Crippen molar-refractivity contribution in [2.24, 2.45) is 18.7 Å². The lowest BCUT2D eigenvalue weighted by Gasteiger charge is -2.14. The molecule has 22 heavy (non-hydrogen) atoms. The van der Waals surface area contributed by atoms with Crippen LogP contribution in [0.2, 0.25) is 0 Å². The Labute approximate surface area is 134 Å². The van der Waals surface area contributed by atoms with E-state index in [9.17, 15) is 9.18 Å². The number of carbonyl (C=O) groups excluding carboxylic acids is 1. The summed E-state index contributed by atoms with van der Waals surface area (Å²) in [5.74, 6) is 0.260. The Morgan fingerprint density at radius 1 is 1.50 bits per heavy atom. The van der Waals surface area contributed by atoms with Crippen molar-refractivity contribution in [3.8, 4) is 0 Å². The van der Waals surface area contributed by atoms with E-state index in [1.54, 1.807) is 17.7 Å². The second kappa shape index (κ2) is 6.62. The topological polar surface area (TPSA) is 72.9 Å². The first-order valence-electron chi connectivity index (χ1n) is 7.22. The van der Waals surface area contributed by atoms with E-state index in [0.29, 0.717) is 17.9 Å². The molecule has 2 aromatic rings. The van der Waals surface area contributed by atoms with E-state index in [0.717, 1.165) is 24.8 Å². The predicted octanol–water partition coefficient (Wildman–Crippen LogP) is 2.59. The number of halogens is 2. The maximum atomic E-state index is 13.2. The van der Waals surface area contributed by atoms with E-state index in [1.807, 2.05) is 0 Å². The van der Waals surface area contributed by atoms with Gasteiger partial charge in [0, 0.05) is 25.6 Å². The molecule has 5 nitrogen and oxygen atoms in total. The Bertz CT molecular complexity index is 687. The second-order valence-corrected chi connectivity index (χ2v) is 5.73. The van der Waals surface area contributed by atoms with Crippen molar-refractivity contribution in [1.29, 1.82) is 0 Å². The van der Waals surface area contributed by atoms with E-state index >= 15 is 0 Å². The Morgan fingerprint density at radius 2 is 2.27 bits per heavy atom. The molecular weight excluding hydrogens is 307 g/mol. The first kappa shape index (κ1) is 16.7. The molecule has 1 aliphatic rings. The van der Waals surface area contributed by atoms with Crippen molar-refractivity contribution in [2.45, 2.75) is 31.7 Å². The molecular formula is C15H20ClFN4O. The molecule has 1 fully saturated rings. The van der Waals surface area contributed by atoms with Crippen LogP contribution < -0.4 is 11.1 Å².